The standard InChI is InChI=1S/C15H20N2O2/c1-10(2)14-15(19)17(9-13(18)16-14)8-12-6-4-5-11(3)7-12/h4-7,10,14H,8-9H2,1-3H3,(H,16,18). The lowest BCUT2D eigenvalue weighted by Gasteiger charge is -2.34. The molecule has 2 rings (SSSR count). The number of benzene rings is 1. The van der Waals surface area contributed by atoms with E-state index in [1.807, 2.05) is 45.0 Å². The molecule has 4 heteroatoms. The summed E-state index contributed by atoms with van der Waals surface area (Å²) in [6.45, 7) is 6.55. The largest absolute Gasteiger partial charge is 0.343 e. The zero-order chi connectivity index (χ0) is 14.0. The number of piperazine rings is 1. The minimum absolute atomic E-state index is 0.0103. The normalized spacial score (nSPS) is 19.8. The van der Waals surface area contributed by atoms with Gasteiger partial charge in [0.2, 0.25) is 11.8 Å². The molecule has 1 N–H and O–H groups in total. The van der Waals surface area contributed by atoms with Crippen molar-refractivity contribution < 1.29 is 9.59 Å². The van der Waals surface area contributed by atoms with Crippen molar-refractivity contribution in [2.45, 2.75) is 33.4 Å². The van der Waals surface area contributed by atoms with E-state index in [1.54, 1.807) is 4.90 Å². The summed E-state index contributed by atoms with van der Waals surface area (Å²) in [5.41, 5.74) is 2.22. The number of hydrogen-bond acceptors (Lipinski definition) is 2. The number of carbonyl (C=O) groups excluding carboxylic acids is 2. The number of nitrogens with one attached hydrogen (secondary N) is 1. The molecule has 4 nitrogen and oxygen atoms in total. The molecular formula is C15H20N2O2. The Morgan fingerprint density at radius 2 is 2.11 bits per heavy atom. The molecule has 0 aliphatic carbocycles. The van der Waals surface area contributed by atoms with E-state index in [2.05, 4.69) is 5.32 Å². The Labute approximate surface area is 113 Å². The predicted octanol–water partition coefficient (Wildman–Crippen LogP) is 1.48. The Balaban J connectivity index is 2.14. The predicted molar refractivity (Wildman–Crippen MR) is 73.4 cm³/mol. The molecule has 0 bridgehead atoms. The van der Waals surface area contributed by atoms with Crippen LogP contribution in [0.3, 0.4) is 0 Å². The second-order valence-corrected chi connectivity index (χ2v) is 5.47. The quantitative estimate of drug-likeness (QED) is 0.895. The van der Waals surface area contributed by atoms with Gasteiger partial charge in [0.1, 0.15) is 6.04 Å². The third kappa shape index (κ3) is 3.13. The minimum Gasteiger partial charge on any atom is -0.343 e. The van der Waals surface area contributed by atoms with Gasteiger partial charge < -0.3 is 10.2 Å². The number of rotatable bonds is 3. The van der Waals surface area contributed by atoms with Crippen molar-refractivity contribution in [3.63, 3.8) is 0 Å². The fourth-order valence-electron chi connectivity index (χ4n) is 2.35. The average molecular weight is 260 g/mol. The van der Waals surface area contributed by atoms with Gasteiger partial charge in [0, 0.05) is 6.54 Å². The molecular weight excluding hydrogens is 240 g/mol. The van der Waals surface area contributed by atoms with Gasteiger partial charge in [-0.1, -0.05) is 43.7 Å². The number of aryl methyl sites for hydroxylation is 1. The van der Waals surface area contributed by atoms with Crippen LogP contribution < -0.4 is 5.32 Å². The molecule has 1 unspecified atom stereocenters. The molecule has 0 saturated carbocycles. The van der Waals surface area contributed by atoms with Crippen LogP contribution in [0.5, 0.6) is 0 Å². The number of nitrogens with zero attached hydrogens (tertiary/aromatic N) is 1. The Hall–Kier alpha value is -1.84. The maximum absolute atomic E-state index is 12.3. The SMILES string of the molecule is Cc1cccc(CN2CC(=O)NC(C(C)C)C2=O)c1. The van der Waals surface area contributed by atoms with Crippen LogP contribution in [0.4, 0.5) is 0 Å². The van der Waals surface area contributed by atoms with Crippen molar-refractivity contribution in [3.8, 4) is 0 Å². The zero-order valence-electron chi connectivity index (χ0n) is 11.6. The van der Waals surface area contributed by atoms with Crippen LogP contribution in [-0.4, -0.2) is 29.3 Å². The van der Waals surface area contributed by atoms with E-state index in [-0.39, 0.29) is 24.3 Å². The van der Waals surface area contributed by atoms with E-state index in [1.165, 1.54) is 0 Å². The average Bonchev–Trinajstić information content (AvgIpc) is 2.33. The van der Waals surface area contributed by atoms with Gasteiger partial charge in [-0.25, -0.2) is 0 Å². The van der Waals surface area contributed by atoms with Crippen LogP contribution >= 0.6 is 0 Å². The monoisotopic (exact) mass is 260 g/mol. The third-order valence-corrected chi connectivity index (χ3v) is 3.35. The maximum atomic E-state index is 12.3. The molecule has 0 spiro atoms. The van der Waals surface area contributed by atoms with E-state index in [4.69, 9.17) is 0 Å². The van der Waals surface area contributed by atoms with Crippen LogP contribution in [0.2, 0.25) is 0 Å². The summed E-state index contributed by atoms with van der Waals surface area (Å²) < 4.78 is 0. The molecule has 1 aliphatic heterocycles. The topological polar surface area (TPSA) is 49.4 Å². The lowest BCUT2D eigenvalue weighted by Crippen LogP contribution is -2.59. The molecule has 1 atom stereocenters. The van der Waals surface area contributed by atoms with Gasteiger partial charge in [-0.15, -0.1) is 0 Å². The Kier molecular flexibility index (Phi) is 3.88. The van der Waals surface area contributed by atoms with Gasteiger partial charge in [-0.2, -0.15) is 0 Å². The first kappa shape index (κ1) is 13.6. The van der Waals surface area contributed by atoms with Crippen molar-refractivity contribution in [2.24, 2.45) is 5.92 Å². The first-order chi connectivity index (χ1) is 8.97. The first-order valence-electron chi connectivity index (χ1n) is 6.61. The van der Waals surface area contributed by atoms with Gasteiger partial charge in [0.25, 0.3) is 0 Å². The van der Waals surface area contributed by atoms with Crippen LogP contribution in [0.15, 0.2) is 24.3 Å². The zero-order valence-corrected chi connectivity index (χ0v) is 11.6. The van der Waals surface area contributed by atoms with Gasteiger partial charge in [0.15, 0.2) is 0 Å². The molecule has 0 aromatic heterocycles. The van der Waals surface area contributed by atoms with Crippen molar-refractivity contribution in [3.05, 3.63) is 35.4 Å². The van der Waals surface area contributed by atoms with E-state index in [0.717, 1.165) is 11.1 Å². The third-order valence-electron chi connectivity index (χ3n) is 3.35. The highest BCUT2D eigenvalue weighted by Gasteiger charge is 2.34. The van der Waals surface area contributed by atoms with Crippen LogP contribution in [0.25, 0.3) is 0 Å². The molecule has 1 heterocycles. The second kappa shape index (κ2) is 5.43. The molecule has 102 valence electrons. The smallest absolute Gasteiger partial charge is 0.246 e. The van der Waals surface area contributed by atoms with Crippen molar-refractivity contribution in [1.82, 2.24) is 10.2 Å². The van der Waals surface area contributed by atoms with E-state index >= 15 is 0 Å². The summed E-state index contributed by atoms with van der Waals surface area (Å²) in [6.07, 6.45) is 0. The van der Waals surface area contributed by atoms with E-state index < -0.39 is 6.04 Å². The molecule has 1 aliphatic rings. The molecule has 1 saturated heterocycles. The minimum atomic E-state index is -0.397. The fourth-order valence-corrected chi connectivity index (χ4v) is 2.35. The molecule has 2 amide bonds. The number of amides is 2. The van der Waals surface area contributed by atoms with Crippen molar-refractivity contribution >= 4 is 11.8 Å². The van der Waals surface area contributed by atoms with Gasteiger partial charge >= 0.3 is 0 Å². The van der Waals surface area contributed by atoms with Gasteiger partial charge in [0.05, 0.1) is 6.54 Å². The number of carbonyl (C=O) groups is 2. The fraction of sp³-hybridized carbons (Fsp3) is 0.467. The molecule has 1 aromatic carbocycles. The molecule has 1 fully saturated rings. The van der Waals surface area contributed by atoms with Gasteiger partial charge in [-0.05, 0) is 18.4 Å². The summed E-state index contributed by atoms with van der Waals surface area (Å²) in [4.78, 5) is 25.6. The highest BCUT2D eigenvalue weighted by molar-refractivity contribution is 5.94. The van der Waals surface area contributed by atoms with Crippen LogP contribution in [-0.2, 0) is 16.1 Å². The van der Waals surface area contributed by atoms with Crippen LogP contribution in [0.1, 0.15) is 25.0 Å². The summed E-state index contributed by atoms with van der Waals surface area (Å²) >= 11 is 0. The van der Waals surface area contributed by atoms with E-state index in [9.17, 15) is 9.59 Å². The Bertz CT molecular complexity index is 497. The Morgan fingerprint density at radius 3 is 2.74 bits per heavy atom. The summed E-state index contributed by atoms with van der Waals surface area (Å²) in [5.74, 6) is 0.0406. The first-order valence-corrected chi connectivity index (χ1v) is 6.61. The summed E-state index contributed by atoms with van der Waals surface area (Å²) in [6, 6.07) is 7.62. The highest BCUT2D eigenvalue weighted by Crippen LogP contribution is 2.14. The Morgan fingerprint density at radius 1 is 1.37 bits per heavy atom. The molecule has 1 aromatic rings. The lowest BCUT2D eigenvalue weighted by molar-refractivity contribution is -0.146. The lowest BCUT2D eigenvalue weighted by atomic mass is 10.00. The van der Waals surface area contributed by atoms with Crippen molar-refractivity contribution in [2.75, 3.05) is 6.54 Å². The molecule has 19 heavy (non-hydrogen) atoms. The van der Waals surface area contributed by atoms with Crippen molar-refractivity contribution in [1.29, 1.82) is 0 Å². The summed E-state index contributed by atoms with van der Waals surface area (Å²) in [5, 5.41) is 2.76. The second-order valence-electron chi connectivity index (χ2n) is 5.47. The molecule has 0 radical (unpaired) electrons. The highest BCUT2D eigenvalue weighted by atomic mass is 16.2. The van der Waals surface area contributed by atoms with Crippen LogP contribution in [0, 0.1) is 12.8 Å². The number of hydrogen-bond donors (Lipinski definition) is 1. The van der Waals surface area contributed by atoms with E-state index in [0.29, 0.717) is 6.54 Å². The summed E-state index contributed by atoms with van der Waals surface area (Å²) in [7, 11) is 0. The maximum Gasteiger partial charge on any atom is 0.246 e. The van der Waals surface area contributed by atoms with Gasteiger partial charge in [-0.3, -0.25) is 9.59 Å².